The molecular formula is C29H46N8O9S2. The van der Waals surface area contributed by atoms with Crippen molar-refractivity contribution in [2.45, 2.75) is 89.0 Å². The molecule has 1 fully saturated rings. The van der Waals surface area contributed by atoms with Gasteiger partial charge in [-0.25, -0.2) is 4.79 Å². The molecule has 0 saturated carbocycles. The Bertz CT molecular complexity index is 1270. The summed E-state index contributed by atoms with van der Waals surface area (Å²) >= 11 is 2.17. The number of carboxylic acid groups (broad SMARTS) is 1. The third-order valence-corrected chi connectivity index (χ3v) is 9.84. The Morgan fingerprint density at radius 2 is 1.92 bits per heavy atom. The number of hydrogen-bond donors (Lipinski definition) is 4. The van der Waals surface area contributed by atoms with E-state index in [1.165, 1.54) is 30.9 Å². The van der Waals surface area contributed by atoms with Crippen molar-refractivity contribution < 1.29 is 43.4 Å². The summed E-state index contributed by atoms with van der Waals surface area (Å²) < 4.78 is 9.90. The predicted molar refractivity (Wildman–Crippen MR) is 177 cm³/mol. The van der Waals surface area contributed by atoms with Gasteiger partial charge < -0.3 is 35.1 Å². The number of hydrogen-bond acceptors (Lipinski definition) is 12. The van der Waals surface area contributed by atoms with E-state index in [4.69, 9.17) is 4.74 Å². The van der Waals surface area contributed by atoms with Gasteiger partial charge in [-0.3, -0.25) is 33.4 Å². The molecule has 268 valence electrons. The zero-order valence-electron chi connectivity index (χ0n) is 27.8. The third kappa shape index (κ3) is 12.7. The van der Waals surface area contributed by atoms with E-state index < -0.39 is 47.1 Å². The molecule has 2 heterocycles. The van der Waals surface area contributed by atoms with Gasteiger partial charge in [-0.2, -0.15) is 0 Å². The summed E-state index contributed by atoms with van der Waals surface area (Å²) in [4.78, 5) is 86.6. The highest BCUT2D eigenvalue weighted by molar-refractivity contribution is 8.00. The smallest absolute Gasteiger partial charge is 0.327 e. The van der Waals surface area contributed by atoms with Gasteiger partial charge in [-0.05, 0) is 26.2 Å². The van der Waals surface area contributed by atoms with Crippen LogP contribution >= 0.6 is 23.7 Å². The molecule has 0 aromatic carbocycles. The molecule has 6 atom stereocenters. The van der Waals surface area contributed by atoms with E-state index in [1.807, 2.05) is 0 Å². The standard InChI is InChI=1S/C29H46N8O9S2/c1-18(25(46-5)23-8-6-10-36(23)17-39)26(41)30-19(2)27(42)33-48-13-7-11-37-15-21(32-34-37)14-35(4)28(43)24(9-12-38)47-16-22(29(44)45)31-20(3)40/h12,15,17-19,22-25H,6-11,13-14,16H2,1-5H3,(H,30,41)(H,31,40)(H,33,42)(H,44,45)/t18?,19-,22?,23?,24?,25?/m0/s1. The van der Waals surface area contributed by atoms with Gasteiger partial charge in [-0.1, -0.05) is 24.1 Å². The number of nitrogens with one attached hydrogen (secondary N) is 3. The largest absolute Gasteiger partial charge is 0.480 e. The Kier molecular flexibility index (Phi) is 17.4. The second kappa shape index (κ2) is 20.6. The summed E-state index contributed by atoms with van der Waals surface area (Å²) in [5.41, 5.74) is 0.504. The molecule has 4 N–H and O–H groups in total. The fraction of sp³-hybridized carbons (Fsp3) is 0.690. The number of likely N-dealkylation sites (tertiary alicyclic amines) is 1. The lowest BCUT2D eigenvalue weighted by Crippen LogP contribution is -2.51. The highest BCUT2D eigenvalue weighted by Gasteiger charge is 2.37. The van der Waals surface area contributed by atoms with Crippen LogP contribution in [0.5, 0.6) is 0 Å². The van der Waals surface area contributed by atoms with Crippen LogP contribution in [0.25, 0.3) is 0 Å². The first-order chi connectivity index (χ1) is 22.8. The summed E-state index contributed by atoms with van der Waals surface area (Å²) in [6.45, 7) is 5.72. The van der Waals surface area contributed by atoms with Gasteiger partial charge in [0.05, 0.1) is 36.1 Å². The number of thioether (sulfide) groups is 1. The van der Waals surface area contributed by atoms with E-state index in [-0.39, 0.29) is 36.6 Å². The molecule has 1 aliphatic rings. The summed E-state index contributed by atoms with van der Waals surface area (Å²) in [6, 6.07) is -2.17. The molecule has 17 nitrogen and oxygen atoms in total. The van der Waals surface area contributed by atoms with Crippen molar-refractivity contribution in [1.29, 1.82) is 0 Å². The van der Waals surface area contributed by atoms with E-state index in [2.05, 4.69) is 25.7 Å². The first kappa shape index (κ1) is 40.5. The number of aldehydes is 1. The second-order valence-electron chi connectivity index (χ2n) is 11.4. The van der Waals surface area contributed by atoms with Crippen molar-refractivity contribution in [2.75, 3.05) is 32.2 Å². The number of rotatable bonds is 22. The van der Waals surface area contributed by atoms with Crippen LogP contribution in [0.1, 0.15) is 52.1 Å². The minimum absolute atomic E-state index is 0.0913. The fourth-order valence-corrected chi connectivity index (χ4v) is 6.99. The quantitative estimate of drug-likeness (QED) is 0.0673. The van der Waals surface area contributed by atoms with Gasteiger partial charge in [0.2, 0.25) is 24.1 Å². The number of aliphatic carboxylic acids is 1. The van der Waals surface area contributed by atoms with Crippen molar-refractivity contribution in [3.8, 4) is 0 Å². The molecule has 0 bridgehead atoms. The number of methoxy groups -OCH3 is 1. The molecule has 1 aliphatic heterocycles. The predicted octanol–water partition coefficient (Wildman–Crippen LogP) is -0.552. The van der Waals surface area contributed by atoms with Crippen LogP contribution in [-0.2, 0) is 51.4 Å². The maximum atomic E-state index is 13.0. The number of amides is 5. The highest BCUT2D eigenvalue weighted by atomic mass is 32.2. The number of ether oxygens (including phenoxy) is 1. The van der Waals surface area contributed by atoms with Gasteiger partial charge in [0, 0.05) is 52.1 Å². The molecule has 5 unspecified atom stereocenters. The molecule has 2 rings (SSSR count). The van der Waals surface area contributed by atoms with Gasteiger partial charge in [0.25, 0.3) is 5.91 Å². The lowest BCUT2D eigenvalue weighted by Gasteiger charge is -2.32. The maximum Gasteiger partial charge on any atom is 0.327 e. The van der Waals surface area contributed by atoms with Crippen LogP contribution in [0.3, 0.4) is 0 Å². The third-order valence-electron chi connectivity index (χ3n) is 7.68. The monoisotopic (exact) mass is 714 g/mol. The van der Waals surface area contributed by atoms with E-state index in [9.17, 15) is 38.7 Å². The fourth-order valence-electron chi connectivity index (χ4n) is 5.11. The molecule has 0 spiro atoms. The number of aryl methyl sites for hydroxylation is 1. The SMILES string of the molecule is COC(C(C)C(=O)N[C@@H](C)C(=O)NSCCCn1cc(CN(C)C(=O)C(CC=O)SCC(NC(C)=O)C(=O)O)nn1)C1CCCN1C=O. The molecule has 0 aliphatic carbocycles. The van der Waals surface area contributed by atoms with Crippen LogP contribution in [0.4, 0.5) is 0 Å². The van der Waals surface area contributed by atoms with Crippen LogP contribution in [0.2, 0.25) is 0 Å². The zero-order valence-corrected chi connectivity index (χ0v) is 29.5. The molecule has 1 saturated heterocycles. The lowest BCUT2D eigenvalue weighted by molar-refractivity contribution is -0.140. The van der Waals surface area contributed by atoms with Crippen molar-refractivity contribution >= 4 is 66.0 Å². The van der Waals surface area contributed by atoms with Crippen molar-refractivity contribution in [3.05, 3.63) is 11.9 Å². The summed E-state index contributed by atoms with van der Waals surface area (Å²) in [7, 11) is 3.05. The van der Waals surface area contributed by atoms with Gasteiger partial charge in [0.15, 0.2) is 0 Å². The first-order valence-electron chi connectivity index (χ1n) is 15.5. The Morgan fingerprint density at radius 1 is 1.19 bits per heavy atom. The number of carboxylic acids is 1. The van der Waals surface area contributed by atoms with Crippen LogP contribution in [0, 0.1) is 5.92 Å². The van der Waals surface area contributed by atoms with Crippen LogP contribution < -0.4 is 15.4 Å². The summed E-state index contributed by atoms with van der Waals surface area (Å²) in [6.07, 6.45) is 4.65. The Labute approximate surface area is 288 Å². The Morgan fingerprint density at radius 3 is 2.54 bits per heavy atom. The van der Waals surface area contributed by atoms with Gasteiger partial charge >= 0.3 is 5.97 Å². The molecule has 48 heavy (non-hydrogen) atoms. The van der Waals surface area contributed by atoms with E-state index in [0.717, 1.165) is 31.0 Å². The minimum Gasteiger partial charge on any atom is -0.480 e. The zero-order chi connectivity index (χ0) is 35.8. The van der Waals surface area contributed by atoms with Crippen LogP contribution in [-0.4, -0.2) is 134 Å². The normalized spacial score (nSPS) is 17.4. The average molecular weight is 715 g/mol. The topological polar surface area (TPSA) is 222 Å². The van der Waals surface area contributed by atoms with Gasteiger partial charge in [-0.15, -0.1) is 16.9 Å². The Hall–Kier alpha value is -3.71. The van der Waals surface area contributed by atoms with Crippen LogP contribution in [0.15, 0.2) is 6.20 Å². The number of carbonyl (C=O) groups excluding carboxylic acids is 6. The highest BCUT2D eigenvalue weighted by Crippen LogP contribution is 2.25. The molecule has 19 heteroatoms. The molecule has 1 aromatic heterocycles. The lowest BCUT2D eigenvalue weighted by atomic mass is 9.95. The molecule has 0 radical (unpaired) electrons. The van der Waals surface area contributed by atoms with Crippen molar-refractivity contribution in [2.24, 2.45) is 5.92 Å². The molecule has 5 amide bonds. The number of carbonyl (C=O) groups is 7. The summed E-state index contributed by atoms with van der Waals surface area (Å²) in [5.74, 6) is -2.97. The van der Waals surface area contributed by atoms with E-state index in [1.54, 1.807) is 36.7 Å². The van der Waals surface area contributed by atoms with E-state index >= 15 is 0 Å². The number of nitrogens with zero attached hydrogens (tertiary/aromatic N) is 5. The first-order valence-corrected chi connectivity index (χ1v) is 17.5. The minimum atomic E-state index is -1.24. The van der Waals surface area contributed by atoms with Gasteiger partial charge in [0.1, 0.15) is 24.1 Å². The maximum absolute atomic E-state index is 13.0. The van der Waals surface area contributed by atoms with E-state index in [0.29, 0.717) is 37.2 Å². The number of aromatic nitrogens is 3. The van der Waals surface area contributed by atoms with Crippen molar-refractivity contribution in [1.82, 2.24) is 40.1 Å². The molecular weight excluding hydrogens is 669 g/mol. The second-order valence-corrected chi connectivity index (χ2v) is 13.6. The molecule has 1 aromatic rings. The van der Waals surface area contributed by atoms with Crippen molar-refractivity contribution in [3.63, 3.8) is 0 Å². The Balaban J connectivity index is 1.75. The summed E-state index contributed by atoms with van der Waals surface area (Å²) in [5, 5.41) is 21.7. The average Bonchev–Trinajstić information content (AvgIpc) is 3.71.